The van der Waals surface area contributed by atoms with E-state index < -0.39 is 6.10 Å². The standard InChI is InChI=1S/C20H20O5/c1-10(2)17(23)8-14-16(22)6-5-12-15-9-24-18-7-11(21)3-4-13(18)20(15)25-19(12)14/h3-7,15,17,20-23H,1,8-9H2,2H3/t15-,17+,20-/m1/s1. The van der Waals surface area contributed by atoms with Crippen LogP contribution in [0.4, 0.5) is 0 Å². The Kier molecular flexibility index (Phi) is 3.62. The number of phenols is 2. The van der Waals surface area contributed by atoms with Crippen LogP contribution in [-0.2, 0) is 6.42 Å². The molecule has 2 aliphatic rings. The van der Waals surface area contributed by atoms with Crippen LogP contribution in [0, 0.1) is 0 Å². The summed E-state index contributed by atoms with van der Waals surface area (Å²) in [5.74, 6) is 1.48. The minimum atomic E-state index is -0.746. The Hall–Kier alpha value is -2.66. The van der Waals surface area contributed by atoms with Gasteiger partial charge in [0, 0.05) is 29.2 Å². The molecule has 0 amide bonds. The van der Waals surface area contributed by atoms with Crippen LogP contribution >= 0.6 is 0 Å². The van der Waals surface area contributed by atoms with E-state index in [0.29, 0.717) is 29.2 Å². The summed E-state index contributed by atoms with van der Waals surface area (Å²) >= 11 is 0. The lowest BCUT2D eigenvalue weighted by Crippen LogP contribution is -2.23. The molecule has 25 heavy (non-hydrogen) atoms. The third kappa shape index (κ3) is 2.51. The average Bonchev–Trinajstić information content (AvgIpc) is 2.95. The Bertz CT molecular complexity index is 857. The van der Waals surface area contributed by atoms with Crippen LogP contribution < -0.4 is 9.47 Å². The van der Waals surface area contributed by atoms with E-state index in [1.807, 2.05) is 6.07 Å². The first-order valence-electron chi connectivity index (χ1n) is 8.26. The molecule has 0 saturated heterocycles. The zero-order valence-corrected chi connectivity index (χ0v) is 13.9. The number of aliphatic hydroxyl groups is 1. The van der Waals surface area contributed by atoms with Gasteiger partial charge in [-0.2, -0.15) is 0 Å². The maximum atomic E-state index is 10.3. The van der Waals surface area contributed by atoms with Crippen LogP contribution in [0.5, 0.6) is 23.0 Å². The van der Waals surface area contributed by atoms with Gasteiger partial charge in [-0.25, -0.2) is 0 Å². The minimum absolute atomic E-state index is 0.00774. The van der Waals surface area contributed by atoms with E-state index in [4.69, 9.17) is 9.47 Å². The van der Waals surface area contributed by atoms with Crippen LogP contribution in [0.1, 0.15) is 35.6 Å². The van der Waals surface area contributed by atoms with Gasteiger partial charge in [-0.1, -0.05) is 18.2 Å². The minimum Gasteiger partial charge on any atom is -0.508 e. The number of fused-ring (bicyclic) bond motifs is 5. The van der Waals surface area contributed by atoms with Gasteiger partial charge >= 0.3 is 0 Å². The van der Waals surface area contributed by atoms with E-state index in [9.17, 15) is 15.3 Å². The molecule has 130 valence electrons. The first-order chi connectivity index (χ1) is 12.0. The van der Waals surface area contributed by atoms with Crippen molar-refractivity contribution in [2.75, 3.05) is 6.61 Å². The maximum absolute atomic E-state index is 10.3. The van der Waals surface area contributed by atoms with Crippen molar-refractivity contribution in [1.82, 2.24) is 0 Å². The second-order valence-electron chi connectivity index (χ2n) is 6.73. The molecule has 3 N–H and O–H groups in total. The number of ether oxygens (including phenoxy) is 2. The van der Waals surface area contributed by atoms with Gasteiger partial charge in [0.05, 0.1) is 18.6 Å². The molecule has 5 nitrogen and oxygen atoms in total. The summed E-state index contributed by atoms with van der Waals surface area (Å²) in [6.07, 6.45) is -0.737. The van der Waals surface area contributed by atoms with Crippen molar-refractivity contribution in [2.45, 2.75) is 31.5 Å². The summed E-state index contributed by atoms with van der Waals surface area (Å²) in [7, 11) is 0. The molecule has 0 radical (unpaired) electrons. The lowest BCUT2D eigenvalue weighted by Gasteiger charge is -2.27. The number of phenolic OH excluding ortho intramolecular Hbond substituents is 2. The molecule has 0 unspecified atom stereocenters. The Morgan fingerprint density at radius 1 is 1.24 bits per heavy atom. The van der Waals surface area contributed by atoms with Gasteiger partial charge < -0.3 is 24.8 Å². The second kappa shape index (κ2) is 5.70. The summed E-state index contributed by atoms with van der Waals surface area (Å²) in [5, 5.41) is 30.1. The highest BCUT2D eigenvalue weighted by Crippen LogP contribution is 2.53. The van der Waals surface area contributed by atoms with Gasteiger partial charge in [-0.3, -0.25) is 0 Å². The van der Waals surface area contributed by atoms with Gasteiger partial charge in [-0.15, -0.1) is 0 Å². The van der Waals surface area contributed by atoms with Gasteiger partial charge in [0.15, 0.2) is 0 Å². The molecular formula is C20H20O5. The van der Waals surface area contributed by atoms with Gasteiger partial charge in [-0.05, 0) is 25.1 Å². The van der Waals surface area contributed by atoms with Crippen LogP contribution in [0.3, 0.4) is 0 Å². The van der Waals surface area contributed by atoms with Crippen LogP contribution in [0.25, 0.3) is 0 Å². The zero-order valence-electron chi connectivity index (χ0n) is 13.9. The number of benzene rings is 2. The van der Waals surface area contributed by atoms with Crippen molar-refractivity contribution >= 4 is 0 Å². The van der Waals surface area contributed by atoms with Crippen molar-refractivity contribution in [3.8, 4) is 23.0 Å². The molecule has 0 bridgehead atoms. The van der Waals surface area contributed by atoms with E-state index in [2.05, 4.69) is 6.58 Å². The van der Waals surface area contributed by atoms with E-state index in [0.717, 1.165) is 11.1 Å². The van der Waals surface area contributed by atoms with E-state index in [-0.39, 0.29) is 29.9 Å². The fourth-order valence-electron chi connectivity index (χ4n) is 3.52. The van der Waals surface area contributed by atoms with Crippen LogP contribution in [0.15, 0.2) is 42.5 Å². The molecule has 2 heterocycles. The molecule has 3 atom stereocenters. The van der Waals surface area contributed by atoms with Crippen molar-refractivity contribution in [2.24, 2.45) is 0 Å². The quantitative estimate of drug-likeness (QED) is 0.748. The summed E-state index contributed by atoms with van der Waals surface area (Å²) in [6.45, 7) is 5.95. The lowest BCUT2D eigenvalue weighted by molar-refractivity contribution is 0.137. The molecule has 0 saturated carbocycles. The number of aromatic hydroxyl groups is 2. The predicted octanol–water partition coefficient (Wildman–Crippen LogP) is 3.19. The van der Waals surface area contributed by atoms with Crippen LogP contribution in [0.2, 0.25) is 0 Å². The van der Waals surface area contributed by atoms with E-state index in [1.165, 1.54) is 0 Å². The van der Waals surface area contributed by atoms with Gasteiger partial charge in [0.25, 0.3) is 0 Å². The topological polar surface area (TPSA) is 79.2 Å². The summed E-state index contributed by atoms with van der Waals surface area (Å²) in [5.41, 5.74) is 3.06. The van der Waals surface area contributed by atoms with E-state index in [1.54, 1.807) is 31.2 Å². The zero-order chi connectivity index (χ0) is 17.7. The summed E-state index contributed by atoms with van der Waals surface area (Å²) < 4.78 is 12.0. The molecule has 2 aliphatic heterocycles. The van der Waals surface area contributed by atoms with E-state index >= 15 is 0 Å². The van der Waals surface area contributed by atoms with Crippen LogP contribution in [-0.4, -0.2) is 28.0 Å². The summed E-state index contributed by atoms with van der Waals surface area (Å²) in [4.78, 5) is 0. The fraction of sp³-hybridized carbons (Fsp3) is 0.300. The monoisotopic (exact) mass is 340 g/mol. The van der Waals surface area contributed by atoms with Gasteiger partial charge in [0.1, 0.15) is 29.1 Å². The molecule has 0 aromatic heterocycles. The first kappa shape index (κ1) is 15.8. The fourth-order valence-corrected chi connectivity index (χ4v) is 3.52. The predicted molar refractivity (Wildman–Crippen MR) is 92.3 cm³/mol. The molecule has 5 heteroatoms. The molecule has 4 rings (SSSR count). The van der Waals surface area contributed by atoms with Gasteiger partial charge in [0.2, 0.25) is 0 Å². The largest absolute Gasteiger partial charge is 0.508 e. The molecule has 2 aromatic carbocycles. The lowest BCUT2D eigenvalue weighted by atomic mass is 9.88. The van der Waals surface area contributed by atoms with Crippen molar-refractivity contribution < 1.29 is 24.8 Å². The Balaban J connectivity index is 1.75. The molecule has 0 aliphatic carbocycles. The molecule has 0 fully saturated rings. The SMILES string of the molecule is C=C(C)[C@@H](O)Cc1c(O)ccc2c1O[C@@H]1c3ccc(O)cc3OC[C@H]21. The third-order valence-electron chi connectivity index (χ3n) is 4.96. The number of rotatable bonds is 3. The number of hydrogen-bond donors (Lipinski definition) is 3. The third-order valence-corrected chi connectivity index (χ3v) is 4.96. The highest BCUT2D eigenvalue weighted by Gasteiger charge is 2.42. The Morgan fingerprint density at radius 2 is 2.00 bits per heavy atom. The first-order valence-corrected chi connectivity index (χ1v) is 8.26. The number of hydrogen-bond acceptors (Lipinski definition) is 5. The molecule has 0 spiro atoms. The van der Waals surface area contributed by atoms with Crippen molar-refractivity contribution in [1.29, 1.82) is 0 Å². The van der Waals surface area contributed by atoms with Crippen molar-refractivity contribution in [3.05, 3.63) is 59.2 Å². The molecule has 2 aromatic rings. The number of aliphatic hydroxyl groups excluding tert-OH is 1. The summed E-state index contributed by atoms with van der Waals surface area (Å²) in [6, 6.07) is 8.48. The highest BCUT2D eigenvalue weighted by molar-refractivity contribution is 5.57. The Labute approximate surface area is 145 Å². The molecular weight excluding hydrogens is 320 g/mol. The second-order valence-corrected chi connectivity index (χ2v) is 6.73. The maximum Gasteiger partial charge on any atom is 0.138 e. The normalized spacial score (nSPS) is 21.4. The average molecular weight is 340 g/mol. The highest BCUT2D eigenvalue weighted by atomic mass is 16.5. The Morgan fingerprint density at radius 3 is 2.76 bits per heavy atom. The van der Waals surface area contributed by atoms with Crippen molar-refractivity contribution in [3.63, 3.8) is 0 Å². The smallest absolute Gasteiger partial charge is 0.138 e.